The predicted molar refractivity (Wildman–Crippen MR) is 113 cm³/mol. The fourth-order valence-electron chi connectivity index (χ4n) is 2.86. The Labute approximate surface area is 167 Å². The van der Waals surface area contributed by atoms with Gasteiger partial charge in [-0.05, 0) is 37.7 Å². The van der Waals surface area contributed by atoms with Gasteiger partial charge in [0.05, 0.1) is 5.69 Å². The van der Waals surface area contributed by atoms with Gasteiger partial charge in [0.25, 0.3) is 5.56 Å². The maximum Gasteiger partial charge on any atom is 0.254 e. The van der Waals surface area contributed by atoms with Gasteiger partial charge >= 0.3 is 0 Å². The molecular weight excluding hydrogens is 372 g/mol. The molecular formula is C20H24N6OS. The van der Waals surface area contributed by atoms with Crippen molar-refractivity contribution < 1.29 is 0 Å². The minimum atomic E-state index is -0.0395. The van der Waals surface area contributed by atoms with Gasteiger partial charge in [-0.3, -0.25) is 4.79 Å². The number of unbranched alkanes of at least 4 members (excludes halogenated alkanes) is 1. The molecule has 0 unspecified atom stereocenters. The summed E-state index contributed by atoms with van der Waals surface area (Å²) in [6.07, 6.45) is 6.68. The van der Waals surface area contributed by atoms with Crippen molar-refractivity contribution >= 4 is 22.4 Å². The van der Waals surface area contributed by atoms with Crippen LogP contribution in [0.5, 0.6) is 0 Å². The van der Waals surface area contributed by atoms with E-state index in [4.69, 9.17) is 11.5 Å². The minimum absolute atomic E-state index is 0.0168. The zero-order valence-electron chi connectivity index (χ0n) is 15.6. The van der Waals surface area contributed by atoms with E-state index in [1.807, 2.05) is 23.6 Å². The standard InChI is InChI=1S/C20H24N6OS/c21-19(22)26-20-24-16(13-28-20)8-4-5-9-17-23-12-15(18(27)25-17)11-10-14-6-2-1-3-7-14/h1-3,6-7,12-13H,4-5,8-11H2,(H,23,25,27)(H4,21,22,24,26). The van der Waals surface area contributed by atoms with Gasteiger partial charge < -0.3 is 16.5 Å². The Morgan fingerprint density at radius 2 is 1.86 bits per heavy atom. The SMILES string of the molecule is NC(N)=Nc1nc(CCCCc2ncc(CCc3ccccc3)c(=O)[nH]2)cs1. The van der Waals surface area contributed by atoms with E-state index in [-0.39, 0.29) is 11.5 Å². The van der Waals surface area contributed by atoms with Gasteiger partial charge in [-0.25, -0.2) is 9.97 Å². The normalized spacial score (nSPS) is 10.7. The predicted octanol–water partition coefficient (Wildman–Crippen LogP) is 2.48. The van der Waals surface area contributed by atoms with Crippen molar-refractivity contribution in [3.05, 3.63) is 74.9 Å². The highest BCUT2D eigenvalue weighted by atomic mass is 32.1. The van der Waals surface area contributed by atoms with E-state index >= 15 is 0 Å². The number of guanidine groups is 1. The molecule has 0 radical (unpaired) electrons. The van der Waals surface area contributed by atoms with Crippen molar-refractivity contribution in [2.75, 3.05) is 0 Å². The van der Waals surface area contributed by atoms with Gasteiger partial charge in [-0.1, -0.05) is 30.3 Å². The molecule has 0 bridgehead atoms. The number of nitrogens with zero attached hydrogens (tertiary/aromatic N) is 3. The van der Waals surface area contributed by atoms with Gasteiger partial charge in [0, 0.05) is 23.6 Å². The number of aliphatic imine (C=N–C) groups is 1. The van der Waals surface area contributed by atoms with Gasteiger partial charge in [0.2, 0.25) is 5.13 Å². The number of aryl methyl sites for hydroxylation is 4. The summed E-state index contributed by atoms with van der Waals surface area (Å²) in [5, 5.41) is 2.54. The molecule has 28 heavy (non-hydrogen) atoms. The first kappa shape index (κ1) is 19.8. The fourth-order valence-corrected chi connectivity index (χ4v) is 3.60. The minimum Gasteiger partial charge on any atom is -0.370 e. The Kier molecular flexibility index (Phi) is 6.91. The van der Waals surface area contributed by atoms with Crippen LogP contribution in [0.2, 0.25) is 0 Å². The highest BCUT2D eigenvalue weighted by Gasteiger charge is 2.05. The Balaban J connectivity index is 1.45. The number of nitrogens with two attached hydrogens (primary N) is 2. The molecule has 0 amide bonds. The number of H-pyrrole nitrogens is 1. The van der Waals surface area contributed by atoms with Crippen LogP contribution in [-0.2, 0) is 25.7 Å². The van der Waals surface area contributed by atoms with E-state index in [1.54, 1.807) is 6.20 Å². The summed E-state index contributed by atoms with van der Waals surface area (Å²) in [5.74, 6) is 0.746. The van der Waals surface area contributed by atoms with E-state index in [2.05, 4.69) is 32.1 Å². The summed E-state index contributed by atoms with van der Waals surface area (Å²) in [7, 11) is 0. The number of hydrogen-bond acceptors (Lipinski definition) is 5. The Morgan fingerprint density at radius 1 is 1.07 bits per heavy atom. The molecule has 0 aliphatic rings. The average molecular weight is 397 g/mol. The fraction of sp³-hybridized carbons (Fsp3) is 0.300. The topological polar surface area (TPSA) is 123 Å². The smallest absolute Gasteiger partial charge is 0.254 e. The van der Waals surface area contributed by atoms with Crippen LogP contribution in [0.1, 0.15) is 35.5 Å². The average Bonchev–Trinajstić information content (AvgIpc) is 3.12. The van der Waals surface area contributed by atoms with Crippen LogP contribution in [0.3, 0.4) is 0 Å². The number of thiazole rings is 1. The van der Waals surface area contributed by atoms with Crippen molar-refractivity contribution in [2.24, 2.45) is 16.5 Å². The molecule has 146 valence electrons. The molecule has 1 aromatic carbocycles. The molecule has 7 nitrogen and oxygen atoms in total. The molecule has 0 atom stereocenters. The van der Waals surface area contributed by atoms with E-state index in [1.165, 1.54) is 16.9 Å². The number of nitrogens with one attached hydrogen (secondary N) is 1. The van der Waals surface area contributed by atoms with Crippen LogP contribution in [0.25, 0.3) is 0 Å². The molecule has 8 heteroatoms. The second-order valence-corrected chi connectivity index (χ2v) is 7.37. The number of aromatic amines is 1. The summed E-state index contributed by atoms with van der Waals surface area (Å²) in [6.45, 7) is 0. The van der Waals surface area contributed by atoms with Gasteiger partial charge in [0.15, 0.2) is 5.96 Å². The maximum atomic E-state index is 12.3. The monoisotopic (exact) mass is 396 g/mol. The van der Waals surface area contributed by atoms with E-state index in [0.717, 1.165) is 49.2 Å². The highest BCUT2D eigenvalue weighted by molar-refractivity contribution is 7.13. The first-order chi connectivity index (χ1) is 13.6. The summed E-state index contributed by atoms with van der Waals surface area (Å²) in [4.78, 5) is 27.9. The Bertz CT molecular complexity index is 976. The molecule has 0 fully saturated rings. The van der Waals surface area contributed by atoms with Crippen LogP contribution in [0.4, 0.5) is 5.13 Å². The summed E-state index contributed by atoms with van der Waals surface area (Å²) in [5.41, 5.74) is 13.6. The third kappa shape index (κ3) is 6.02. The lowest BCUT2D eigenvalue weighted by molar-refractivity contribution is 0.695. The highest BCUT2D eigenvalue weighted by Crippen LogP contribution is 2.19. The van der Waals surface area contributed by atoms with Crippen molar-refractivity contribution in [1.82, 2.24) is 15.0 Å². The molecule has 2 heterocycles. The molecule has 0 aliphatic heterocycles. The number of hydrogen-bond donors (Lipinski definition) is 3. The maximum absolute atomic E-state index is 12.3. The largest absolute Gasteiger partial charge is 0.370 e. The third-order valence-electron chi connectivity index (χ3n) is 4.31. The van der Waals surface area contributed by atoms with Crippen molar-refractivity contribution in [3.63, 3.8) is 0 Å². The molecule has 5 N–H and O–H groups in total. The number of benzene rings is 1. The molecule has 0 saturated heterocycles. The van der Waals surface area contributed by atoms with E-state index in [9.17, 15) is 4.79 Å². The summed E-state index contributed by atoms with van der Waals surface area (Å²) < 4.78 is 0. The molecule has 2 aromatic heterocycles. The second kappa shape index (κ2) is 9.80. The zero-order valence-corrected chi connectivity index (χ0v) is 16.4. The molecule has 0 saturated carbocycles. The Morgan fingerprint density at radius 3 is 2.61 bits per heavy atom. The van der Waals surface area contributed by atoms with Crippen molar-refractivity contribution in [1.29, 1.82) is 0 Å². The molecule has 0 aliphatic carbocycles. The molecule has 3 aromatic rings. The lowest BCUT2D eigenvalue weighted by Crippen LogP contribution is -2.21. The lowest BCUT2D eigenvalue weighted by Gasteiger charge is -2.04. The number of aromatic nitrogens is 3. The van der Waals surface area contributed by atoms with Crippen LogP contribution >= 0.6 is 11.3 Å². The van der Waals surface area contributed by atoms with E-state index in [0.29, 0.717) is 11.6 Å². The number of rotatable bonds is 9. The first-order valence-corrected chi connectivity index (χ1v) is 10.1. The van der Waals surface area contributed by atoms with Gasteiger partial charge in [-0.15, -0.1) is 11.3 Å². The Hall–Kier alpha value is -3.00. The summed E-state index contributed by atoms with van der Waals surface area (Å²) >= 11 is 1.42. The van der Waals surface area contributed by atoms with Crippen LogP contribution in [0.15, 0.2) is 51.7 Å². The van der Waals surface area contributed by atoms with Crippen LogP contribution in [0, 0.1) is 0 Å². The van der Waals surface area contributed by atoms with Crippen molar-refractivity contribution in [3.8, 4) is 0 Å². The molecule has 3 rings (SSSR count). The van der Waals surface area contributed by atoms with E-state index < -0.39 is 0 Å². The second-order valence-electron chi connectivity index (χ2n) is 6.54. The van der Waals surface area contributed by atoms with Crippen LogP contribution in [-0.4, -0.2) is 20.9 Å². The van der Waals surface area contributed by atoms with Crippen LogP contribution < -0.4 is 17.0 Å². The third-order valence-corrected chi connectivity index (χ3v) is 5.10. The quantitative estimate of drug-likeness (QED) is 0.291. The van der Waals surface area contributed by atoms with Gasteiger partial charge in [0.1, 0.15) is 5.82 Å². The molecule has 0 spiro atoms. The lowest BCUT2D eigenvalue weighted by atomic mass is 10.1. The zero-order chi connectivity index (χ0) is 19.8. The summed E-state index contributed by atoms with van der Waals surface area (Å²) in [6, 6.07) is 10.1. The first-order valence-electron chi connectivity index (χ1n) is 9.25. The van der Waals surface area contributed by atoms with Gasteiger partial charge in [-0.2, -0.15) is 4.99 Å². The van der Waals surface area contributed by atoms with Crippen molar-refractivity contribution in [2.45, 2.75) is 38.5 Å².